The van der Waals surface area contributed by atoms with Crippen molar-refractivity contribution in [3.63, 3.8) is 0 Å². The molecule has 0 bridgehead atoms. The maximum atomic E-state index is 6.16. The van der Waals surface area contributed by atoms with Crippen LogP contribution in [0.1, 0.15) is 32.3 Å². The molecular formula is C23H30NO2. The van der Waals surface area contributed by atoms with Crippen molar-refractivity contribution in [3.8, 4) is 11.5 Å². The van der Waals surface area contributed by atoms with Crippen LogP contribution in [0.3, 0.4) is 0 Å². The summed E-state index contributed by atoms with van der Waals surface area (Å²) in [5.74, 6) is 3.73. The summed E-state index contributed by atoms with van der Waals surface area (Å²) in [6, 6.07) is 18.2. The number of benzene rings is 2. The fourth-order valence-corrected chi connectivity index (χ4v) is 3.51. The molecule has 2 aromatic carbocycles. The Morgan fingerprint density at radius 2 is 1.65 bits per heavy atom. The van der Waals surface area contributed by atoms with Gasteiger partial charge in [-0.2, -0.15) is 0 Å². The average Bonchev–Trinajstić information content (AvgIpc) is 2.66. The summed E-state index contributed by atoms with van der Waals surface area (Å²) in [6.07, 6.45) is 2.50. The molecule has 0 amide bonds. The van der Waals surface area contributed by atoms with Crippen LogP contribution in [0.2, 0.25) is 0 Å². The van der Waals surface area contributed by atoms with Crippen LogP contribution in [0.5, 0.6) is 11.5 Å². The smallest absolute Gasteiger partial charge is 0.161 e. The summed E-state index contributed by atoms with van der Waals surface area (Å²) in [5, 5.41) is 0. The molecule has 1 saturated heterocycles. The van der Waals surface area contributed by atoms with E-state index in [0.29, 0.717) is 12.5 Å². The van der Waals surface area contributed by atoms with E-state index in [1.54, 1.807) is 0 Å². The number of nitrogens with zero attached hydrogens (tertiary/aromatic N) is 1. The van der Waals surface area contributed by atoms with Crippen molar-refractivity contribution in [1.29, 1.82) is 0 Å². The summed E-state index contributed by atoms with van der Waals surface area (Å²) >= 11 is 0. The molecule has 2 aromatic rings. The normalized spacial score (nSPS) is 18.0. The summed E-state index contributed by atoms with van der Waals surface area (Å²) in [4.78, 5) is 2.55. The Morgan fingerprint density at radius 1 is 0.962 bits per heavy atom. The Morgan fingerprint density at radius 3 is 2.38 bits per heavy atom. The van der Waals surface area contributed by atoms with Crippen molar-refractivity contribution in [2.75, 3.05) is 26.2 Å². The molecule has 0 saturated carbocycles. The van der Waals surface area contributed by atoms with E-state index in [9.17, 15) is 0 Å². The number of ether oxygens (including phenoxy) is 2. The minimum atomic E-state index is 0.560. The highest BCUT2D eigenvalue weighted by molar-refractivity contribution is 5.39. The van der Waals surface area contributed by atoms with E-state index < -0.39 is 0 Å². The van der Waals surface area contributed by atoms with Gasteiger partial charge in [0.05, 0.1) is 6.61 Å². The van der Waals surface area contributed by atoms with E-state index in [1.807, 2.05) is 42.5 Å². The molecule has 1 atom stereocenters. The Hall–Kier alpha value is -2.00. The first-order valence-electron chi connectivity index (χ1n) is 9.60. The van der Waals surface area contributed by atoms with Crippen LogP contribution < -0.4 is 9.47 Å². The topological polar surface area (TPSA) is 21.7 Å². The molecular weight excluding hydrogens is 322 g/mol. The standard InChI is InChI=1S/C23H30NO2/c1-19(2)15-24-14-8-11-21(16-24)18-26-23-13-7-6-12-22(23)25-17-20-9-4-3-5-10-20/h3-7,9-10,12-13,21H,8,11,14-18H2,1-2H3/t21-/m0/s1. The lowest BCUT2D eigenvalue weighted by atomic mass is 9.98. The lowest BCUT2D eigenvalue weighted by Gasteiger charge is -2.33. The second kappa shape index (κ2) is 9.63. The Bertz CT molecular complexity index is 656. The second-order valence-corrected chi connectivity index (χ2v) is 7.48. The van der Waals surface area contributed by atoms with E-state index >= 15 is 0 Å². The van der Waals surface area contributed by atoms with E-state index in [1.165, 1.54) is 25.3 Å². The number of hydrogen-bond acceptors (Lipinski definition) is 3. The van der Waals surface area contributed by atoms with Gasteiger partial charge in [0.2, 0.25) is 0 Å². The molecule has 139 valence electrons. The van der Waals surface area contributed by atoms with E-state index in [4.69, 9.17) is 9.47 Å². The molecule has 3 nitrogen and oxygen atoms in total. The van der Waals surface area contributed by atoms with Crippen molar-refractivity contribution in [1.82, 2.24) is 4.90 Å². The number of para-hydroxylation sites is 2. The van der Waals surface area contributed by atoms with Crippen molar-refractivity contribution >= 4 is 0 Å². The monoisotopic (exact) mass is 352 g/mol. The Balaban J connectivity index is 1.53. The molecule has 0 aromatic heterocycles. The minimum absolute atomic E-state index is 0.560. The van der Waals surface area contributed by atoms with Gasteiger partial charge in [0, 0.05) is 19.0 Å². The van der Waals surface area contributed by atoms with Crippen molar-refractivity contribution < 1.29 is 9.47 Å². The third kappa shape index (κ3) is 5.77. The summed E-state index contributed by atoms with van der Waals surface area (Å²) in [6.45, 7) is 9.17. The van der Waals surface area contributed by atoms with Crippen molar-refractivity contribution in [2.24, 2.45) is 5.92 Å². The summed E-state index contributed by atoms with van der Waals surface area (Å²) in [7, 11) is 0. The molecule has 0 N–H and O–H groups in total. The largest absolute Gasteiger partial charge is 0.489 e. The number of hydrogen-bond donors (Lipinski definition) is 0. The van der Waals surface area contributed by atoms with Gasteiger partial charge in [-0.15, -0.1) is 0 Å². The zero-order chi connectivity index (χ0) is 18.2. The van der Waals surface area contributed by atoms with E-state index in [0.717, 1.165) is 36.8 Å². The van der Waals surface area contributed by atoms with Gasteiger partial charge in [-0.3, -0.25) is 0 Å². The summed E-state index contributed by atoms with van der Waals surface area (Å²) < 4.78 is 12.2. The van der Waals surface area contributed by atoms with E-state index in [-0.39, 0.29) is 0 Å². The molecule has 3 rings (SSSR count). The Labute approximate surface area is 157 Å². The average molecular weight is 352 g/mol. The van der Waals surface area contributed by atoms with Gasteiger partial charge in [0.25, 0.3) is 0 Å². The van der Waals surface area contributed by atoms with Gasteiger partial charge in [-0.1, -0.05) is 56.3 Å². The highest BCUT2D eigenvalue weighted by Gasteiger charge is 2.21. The maximum Gasteiger partial charge on any atom is 0.161 e. The molecule has 1 heterocycles. The third-order valence-corrected chi connectivity index (χ3v) is 4.70. The molecule has 0 spiro atoms. The minimum Gasteiger partial charge on any atom is -0.489 e. The predicted octanol–water partition coefficient (Wildman–Crippen LogP) is 4.97. The number of piperidine rings is 1. The van der Waals surface area contributed by atoms with Gasteiger partial charge >= 0.3 is 0 Å². The Kier molecular flexibility index (Phi) is 6.96. The van der Waals surface area contributed by atoms with Gasteiger partial charge in [0.1, 0.15) is 6.61 Å². The van der Waals surface area contributed by atoms with Crippen molar-refractivity contribution in [3.05, 3.63) is 66.1 Å². The molecule has 1 radical (unpaired) electrons. The van der Waals surface area contributed by atoms with E-state index in [2.05, 4.69) is 30.9 Å². The predicted molar refractivity (Wildman–Crippen MR) is 106 cm³/mol. The first kappa shape index (κ1) is 18.8. The van der Waals surface area contributed by atoms with Crippen LogP contribution in [-0.4, -0.2) is 31.1 Å². The van der Waals surface area contributed by atoms with Crippen LogP contribution in [0.25, 0.3) is 0 Å². The first-order valence-corrected chi connectivity index (χ1v) is 9.60. The quantitative estimate of drug-likeness (QED) is 0.669. The third-order valence-electron chi connectivity index (χ3n) is 4.70. The van der Waals surface area contributed by atoms with Gasteiger partial charge in [-0.25, -0.2) is 0 Å². The zero-order valence-corrected chi connectivity index (χ0v) is 16.0. The zero-order valence-electron chi connectivity index (χ0n) is 16.0. The van der Waals surface area contributed by atoms with Crippen LogP contribution in [0, 0.1) is 11.8 Å². The molecule has 3 heteroatoms. The number of rotatable bonds is 8. The van der Waals surface area contributed by atoms with Crippen LogP contribution in [0.15, 0.2) is 54.6 Å². The van der Waals surface area contributed by atoms with Crippen LogP contribution in [0.4, 0.5) is 0 Å². The first-order chi connectivity index (χ1) is 12.7. The van der Waals surface area contributed by atoms with Crippen LogP contribution in [-0.2, 0) is 6.61 Å². The molecule has 0 aliphatic carbocycles. The van der Waals surface area contributed by atoms with Gasteiger partial charge < -0.3 is 14.4 Å². The molecule has 1 aliphatic heterocycles. The molecule has 1 fully saturated rings. The summed E-state index contributed by atoms with van der Waals surface area (Å²) in [5.41, 5.74) is 1.16. The molecule has 26 heavy (non-hydrogen) atoms. The molecule has 0 unspecified atom stereocenters. The molecule has 1 aliphatic rings. The highest BCUT2D eigenvalue weighted by atomic mass is 16.5. The van der Waals surface area contributed by atoms with Crippen molar-refractivity contribution in [2.45, 2.75) is 33.3 Å². The lowest BCUT2D eigenvalue weighted by Crippen LogP contribution is -2.39. The van der Waals surface area contributed by atoms with Gasteiger partial charge in [-0.05, 0) is 43.0 Å². The second-order valence-electron chi connectivity index (χ2n) is 7.48. The van der Waals surface area contributed by atoms with Gasteiger partial charge in [0.15, 0.2) is 11.5 Å². The lowest BCUT2D eigenvalue weighted by molar-refractivity contribution is 0.131. The highest BCUT2D eigenvalue weighted by Crippen LogP contribution is 2.28. The fraction of sp³-hybridized carbons (Fsp3) is 0.435. The SMILES string of the molecule is C[C](C)CN1CCC[C@H](COc2ccccc2OCc2ccccc2)C1. The number of likely N-dealkylation sites (tertiary alicyclic amines) is 1. The maximum absolute atomic E-state index is 6.16. The fourth-order valence-electron chi connectivity index (χ4n) is 3.51. The van der Waals surface area contributed by atoms with Crippen LogP contribution >= 0.6 is 0 Å².